The number of piperidine rings is 2. The lowest BCUT2D eigenvalue weighted by Gasteiger charge is -2.47. The van der Waals surface area contributed by atoms with Crippen LogP contribution in [-0.2, 0) is 17.9 Å². The Morgan fingerprint density at radius 2 is 1.69 bits per heavy atom. The summed E-state index contributed by atoms with van der Waals surface area (Å²) in [6.07, 6.45) is 9.34. The van der Waals surface area contributed by atoms with Gasteiger partial charge < -0.3 is 4.90 Å². The van der Waals surface area contributed by atoms with E-state index >= 15 is 0 Å². The standard InChI is InChI=1S/C20H25N5O/c26-19-5-6-20(16-25(19)14-17-4-1-2-9-21-17)7-12-24(13-8-20)15-18-22-10-3-11-23-18/h1-4,9-11H,5-8,12-16H2. The largest absolute Gasteiger partial charge is 0.336 e. The number of aromatic nitrogens is 3. The van der Waals surface area contributed by atoms with Gasteiger partial charge in [-0.25, -0.2) is 9.97 Å². The van der Waals surface area contributed by atoms with E-state index in [-0.39, 0.29) is 11.3 Å². The molecule has 2 saturated heterocycles. The van der Waals surface area contributed by atoms with Crippen LogP contribution in [0.15, 0.2) is 42.9 Å². The Kier molecular flexibility index (Phi) is 4.93. The molecule has 2 aliphatic heterocycles. The van der Waals surface area contributed by atoms with Crippen LogP contribution in [0.4, 0.5) is 0 Å². The lowest BCUT2D eigenvalue weighted by Crippen LogP contribution is -2.51. The minimum atomic E-state index is 0.261. The second-order valence-corrected chi connectivity index (χ2v) is 7.51. The number of carbonyl (C=O) groups is 1. The summed E-state index contributed by atoms with van der Waals surface area (Å²) in [5.41, 5.74) is 1.23. The molecule has 4 heterocycles. The van der Waals surface area contributed by atoms with Crippen molar-refractivity contribution in [3.05, 3.63) is 54.4 Å². The molecule has 26 heavy (non-hydrogen) atoms. The van der Waals surface area contributed by atoms with Crippen LogP contribution in [-0.4, -0.2) is 50.3 Å². The maximum atomic E-state index is 12.4. The van der Waals surface area contributed by atoms with E-state index in [1.165, 1.54) is 0 Å². The molecular weight excluding hydrogens is 326 g/mol. The molecule has 1 amide bonds. The van der Waals surface area contributed by atoms with Crippen molar-refractivity contribution in [2.75, 3.05) is 19.6 Å². The SMILES string of the molecule is O=C1CCC2(CCN(Cc3ncccn3)CC2)CN1Cc1ccccn1. The van der Waals surface area contributed by atoms with Crippen molar-refractivity contribution in [3.63, 3.8) is 0 Å². The molecule has 0 N–H and O–H groups in total. The van der Waals surface area contributed by atoms with Gasteiger partial charge in [-0.3, -0.25) is 14.7 Å². The lowest BCUT2D eigenvalue weighted by atomic mass is 9.72. The summed E-state index contributed by atoms with van der Waals surface area (Å²) in [5.74, 6) is 1.15. The predicted octanol–water partition coefficient (Wildman–Crippen LogP) is 2.28. The molecule has 2 aromatic rings. The molecule has 0 saturated carbocycles. The highest BCUT2D eigenvalue weighted by Gasteiger charge is 2.41. The summed E-state index contributed by atoms with van der Waals surface area (Å²) in [6.45, 7) is 4.39. The normalized spacial score (nSPS) is 20.5. The number of nitrogens with zero attached hydrogens (tertiary/aromatic N) is 5. The van der Waals surface area contributed by atoms with Crippen molar-refractivity contribution in [3.8, 4) is 0 Å². The van der Waals surface area contributed by atoms with E-state index in [2.05, 4.69) is 19.9 Å². The van der Waals surface area contributed by atoms with Crippen LogP contribution in [0.5, 0.6) is 0 Å². The number of amides is 1. The van der Waals surface area contributed by atoms with Crippen LogP contribution in [0.25, 0.3) is 0 Å². The second kappa shape index (κ2) is 7.50. The minimum absolute atomic E-state index is 0.261. The highest BCUT2D eigenvalue weighted by Crippen LogP contribution is 2.40. The molecule has 2 aliphatic rings. The molecule has 1 spiro atoms. The molecule has 2 fully saturated rings. The molecule has 0 bridgehead atoms. The molecule has 4 rings (SSSR count). The van der Waals surface area contributed by atoms with Crippen LogP contribution >= 0.6 is 0 Å². The summed E-state index contributed by atoms with van der Waals surface area (Å²) in [6, 6.07) is 7.74. The zero-order valence-corrected chi connectivity index (χ0v) is 15.0. The molecule has 2 aromatic heterocycles. The topological polar surface area (TPSA) is 62.2 Å². The van der Waals surface area contributed by atoms with Gasteiger partial charge in [0.25, 0.3) is 0 Å². The van der Waals surface area contributed by atoms with Crippen LogP contribution in [0, 0.1) is 5.41 Å². The third-order valence-electron chi connectivity index (χ3n) is 5.73. The highest BCUT2D eigenvalue weighted by molar-refractivity contribution is 5.77. The van der Waals surface area contributed by atoms with Gasteiger partial charge in [0.15, 0.2) is 0 Å². The van der Waals surface area contributed by atoms with Gasteiger partial charge in [0.1, 0.15) is 5.82 Å². The third-order valence-corrected chi connectivity index (χ3v) is 5.73. The number of hydrogen-bond donors (Lipinski definition) is 0. The minimum Gasteiger partial charge on any atom is -0.336 e. The van der Waals surface area contributed by atoms with Gasteiger partial charge in [0, 0.05) is 31.6 Å². The van der Waals surface area contributed by atoms with Crippen molar-refractivity contribution in [2.24, 2.45) is 5.41 Å². The maximum Gasteiger partial charge on any atom is 0.222 e. The van der Waals surface area contributed by atoms with E-state index in [0.29, 0.717) is 13.0 Å². The number of carbonyl (C=O) groups excluding carboxylic acids is 1. The molecule has 0 aliphatic carbocycles. The number of pyridine rings is 1. The predicted molar refractivity (Wildman–Crippen MR) is 97.9 cm³/mol. The summed E-state index contributed by atoms with van der Waals surface area (Å²) in [5, 5.41) is 0. The molecular formula is C20H25N5O. The van der Waals surface area contributed by atoms with Gasteiger partial charge in [0.2, 0.25) is 5.91 Å². The van der Waals surface area contributed by atoms with Gasteiger partial charge in [-0.2, -0.15) is 0 Å². The van der Waals surface area contributed by atoms with Crippen LogP contribution in [0.1, 0.15) is 37.2 Å². The van der Waals surface area contributed by atoms with E-state index in [1.54, 1.807) is 18.6 Å². The van der Waals surface area contributed by atoms with E-state index in [1.807, 2.05) is 29.2 Å². The first kappa shape index (κ1) is 17.1. The third kappa shape index (κ3) is 3.90. The first-order chi connectivity index (χ1) is 12.7. The molecule has 0 aromatic carbocycles. The molecule has 6 nitrogen and oxygen atoms in total. The van der Waals surface area contributed by atoms with Crippen LogP contribution < -0.4 is 0 Å². The lowest BCUT2D eigenvalue weighted by molar-refractivity contribution is -0.140. The summed E-state index contributed by atoms with van der Waals surface area (Å²) in [4.78, 5) is 29.9. The van der Waals surface area contributed by atoms with Crippen LogP contribution in [0.3, 0.4) is 0 Å². The van der Waals surface area contributed by atoms with E-state index in [4.69, 9.17) is 0 Å². The van der Waals surface area contributed by atoms with Gasteiger partial charge in [0.05, 0.1) is 18.8 Å². The van der Waals surface area contributed by atoms with Crippen molar-refractivity contribution in [1.82, 2.24) is 24.8 Å². The van der Waals surface area contributed by atoms with Gasteiger partial charge in [-0.05, 0) is 56.0 Å². The van der Waals surface area contributed by atoms with Gasteiger partial charge in [-0.1, -0.05) is 6.07 Å². The van der Waals surface area contributed by atoms with Gasteiger partial charge >= 0.3 is 0 Å². The molecule has 6 heteroatoms. The summed E-state index contributed by atoms with van der Waals surface area (Å²) in [7, 11) is 0. The van der Waals surface area contributed by atoms with Crippen molar-refractivity contribution < 1.29 is 4.79 Å². The average Bonchev–Trinajstić information content (AvgIpc) is 2.69. The molecule has 0 radical (unpaired) electrons. The fourth-order valence-electron chi connectivity index (χ4n) is 4.14. The van der Waals surface area contributed by atoms with E-state index < -0.39 is 0 Å². The average molecular weight is 351 g/mol. The monoisotopic (exact) mass is 351 g/mol. The quantitative estimate of drug-likeness (QED) is 0.846. The summed E-state index contributed by atoms with van der Waals surface area (Å²) >= 11 is 0. The number of rotatable bonds is 4. The van der Waals surface area contributed by atoms with E-state index in [0.717, 1.165) is 57.0 Å². The molecule has 0 unspecified atom stereocenters. The summed E-state index contributed by atoms with van der Waals surface area (Å²) < 4.78 is 0. The number of hydrogen-bond acceptors (Lipinski definition) is 5. The first-order valence-electron chi connectivity index (χ1n) is 9.38. The number of likely N-dealkylation sites (tertiary alicyclic amines) is 2. The van der Waals surface area contributed by atoms with Crippen molar-refractivity contribution >= 4 is 5.91 Å². The Morgan fingerprint density at radius 1 is 0.923 bits per heavy atom. The highest BCUT2D eigenvalue weighted by atomic mass is 16.2. The fourth-order valence-corrected chi connectivity index (χ4v) is 4.14. The van der Waals surface area contributed by atoms with Crippen molar-refractivity contribution in [1.29, 1.82) is 0 Å². The van der Waals surface area contributed by atoms with Crippen molar-refractivity contribution in [2.45, 2.75) is 38.8 Å². The Bertz CT molecular complexity index is 728. The Hall–Kier alpha value is -2.34. The molecule has 0 atom stereocenters. The smallest absolute Gasteiger partial charge is 0.222 e. The molecule has 136 valence electrons. The Morgan fingerprint density at radius 3 is 2.42 bits per heavy atom. The zero-order valence-electron chi connectivity index (χ0n) is 15.0. The first-order valence-corrected chi connectivity index (χ1v) is 9.38. The van der Waals surface area contributed by atoms with Gasteiger partial charge in [-0.15, -0.1) is 0 Å². The Balaban J connectivity index is 1.36. The van der Waals surface area contributed by atoms with Crippen LogP contribution in [0.2, 0.25) is 0 Å². The fraction of sp³-hybridized carbons (Fsp3) is 0.500. The zero-order chi connectivity index (χ0) is 17.8. The second-order valence-electron chi connectivity index (χ2n) is 7.51. The maximum absolute atomic E-state index is 12.4. The van der Waals surface area contributed by atoms with E-state index in [9.17, 15) is 4.79 Å². The Labute approximate surface area is 154 Å².